The van der Waals surface area contributed by atoms with Gasteiger partial charge in [-0.1, -0.05) is 12.8 Å². The number of rotatable bonds is 0. The number of hydrogen-bond acceptors (Lipinski definition) is 3. The Morgan fingerprint density at radius 1 is 1.62 bits per heavy atom. The summed E-state index contributed by atoms with van der Waals surface area (Å²) in [4.78, 5) is 9.40. The number of nitrogens with two attached hydrogens (primary N) is 1. The second-order valence-corrected chi connectivity index (χ2v) is 5.20. The van der Waals surface area contributed by atoms with Crippen LogP contribution < -0.4 is 15.1 Å². The molecule has 0 saturated carbocycles. The highest BCUT2D eigenvalue weighted by molar-refractivity contribution is 7.78. The largest absolute Gasteiger partial charge is 0.374 e. The summed E-state index contributed by atoms with van der Waals surface area (Å²) in [6.45, 7) is 0. The minimum absolute atomic E-state index is 0.631. The number of thiol groups is 1. The monoisotopic (exact) mass is 169 g/mol. The molecule has 0 spiro atoms. The molecule has 0 aromatic rings. The molecule has 0 aliphatic rings. The first-order chi connectivity index (χ1) is 3.68. The van der Waals surface area contributed by atoms with E-state index in [4.69, 9.17) is 0 Å². The maximum absolute atomic E-state index is 9.40. The second-order valence-electron chi connectivity index (χ2n) is 0.976. The number of carbonyl (C=O) groups excluding carboxylic acids is 1. The first-order valence-corrected chi connectivity index (χ1v) is 4.41. The lowest BCUT2D eigenvalue weighted by atomic mass is 11.2. The van der Waals surface area contributed by atoms with Crippen molar-refractivity contribution in [3.05, 3.63) is 0 Å². The number of amides is 2. The molecule has 0 atom stereocenters. The molecule has 0 bridgehead atoms. The van der Waals surface area contributed by atoms with E-state index in [1.807, 2.05) is 4.72 Å². The third-order valence-corrected chi connectivity index (χ3v) is 0.331. The Morgan fingerprint density at radius 3 is 1.75 bits per heavy atom. The molecule has 0 aliphatic heterocycles. The van der Waals surface area contributed by atoms with E-state index in [1.165, 1.54) is 20.8 Å². The van der Waals surface area contributed by atoms with Crippen LogP contribution in [0.3, 0.4) is 0 Å². The molecule has 0 saturated heterocycles. The van der Waals surface area contributed by atoms with Crippen molar-refractivity contribution in [1.29, 1.82) is 0 Å². The van der Waals surface area contributed by atoms with Crippen LogP contribution in [0.2, 0.25) is 0 Å². The Labute approximate surface area is 60.1 Å². The van der Waals surface area contributed by atoms with Crippen molar-refractivity contribution in [3.63, 3.8) is 0 Å². The molecular weight excluding hydrogens is 158 g/mol. The van der Waals surface area contributed by atoms with Crippen molar-refractivity contribution >= 4 is 39.7 Å². The molecule has 0 unspecified atom stereocenters. The zero-order valence-electron chi connectivity index (χ0n) is 4.93. The minimum Gasteiger partial charge on any atom is -0.374 e. The smallest absolute Gasteiger partial charge is 0.321 e. The number of urea groups is 1. The molecule has 2 amide bonds. The summed E-state index contributed by atoms with van der Waals surface area (Å²) in [5.41, 5.74) is 4.47. The van der Waals surface area contributed by atoms with Gasteiger partial charge < -0.3 is 10.4 Å². The van der Waals surface area contributed by atoms with Crippen LogP contribution in [0.4, 0.5) is 4.79 Å². The van der Waals surface area contributed by atoms with Gasteiger partial charge in [-0.05, 0) is 0 Å². The molecule has 0 rings (SSSR count). The maximum Gasteiger partial charge on any atom is 0.321 e. The summed E-state index contributed by atoms with van der Waals surface area (Å²) < 4.78 is 4.89. The van der Waals surface area contributed by atoms with E-state index < -0.39 is 6.03 Å². The van der Waals surface area contributed by atoms with Crippen LogP contribution in [0.25, 0.3) is 0 Å². The Hall–Kier alpha value is 0.0138. The molecule has 0 fully saturated rings. The summed E-state index contributed by atoms with van der Waals surface area (Å²) in [7, 11) is 2.36. The molecule has 0 heterocycles. The highest BCUT2D eigenvalue weighted by atomic mass is 32.1. The van der Waals surface area contributed by atoms with Gasteiger partial charge in [-0.25, -0.2) is 4.79 Å². The average molecular weight is 169 g/mol. The van der Waals surface area contributed by atoms with Crippen molar-refractivity contribution in [2.45, 2.75) is 0 Å². The van der Waals surface area contributed by atoms with Crippen LogP contribution in [0, 0.1) is 0 Å². The van der Waals surface area contributed by atoms with Crippen LogP contribution in [-0.4, -0.2) is 26.8 Å². The van der Waals surface area contributed by atoms with Crippen LogP contribution >= 0.6 is 12.8 Å². The Morgan fingerprint density at radius 2 is 1.75 bits per heavy atom. The highest BCUT2D eigenvalue weighted by Crippen LogP contribution is 1.52. The molecule has 0 aromatic carbocycles. The maximum atomic E-state index is 9.40. The van der Waals surface area contributed by atoms with Gasteiger partial charge in [-0.3, -0.25) is 4.72 Å². The number of nitrogens with one attached hydrogen (secondary N) is 2. The Balaban J connectivity index is 0. The topological polar surface area (TPSA) is 67.2 Å². The predicted molar refractivity (Wildman–Crippen MR) is 44.7 cm³/mol. The summed E-state index contributed by atoms with van der Waals surface area (Å²) in [6, 6.07) is -0.631. The van der Waals surface area contributed by atoms with E-state index in [0.29, 0.717) is 0 Å². The number of hydrogen-bond donors (Lipinski definition) is 4. The fourth-order valence-corrected chi connectivity index (χ4v) is 0. The second kappa shape index (κ2) is 10.1. The van der Waals surface area contributed by atoms with E-state index in [9.17, 15) is 4.79 Å². The van der Waals surface area contributed by atoms with Crippen molar-refractivity contribution in [2.24, 2.45) is 5.73 Å². The lowest BCUT2D eigenvalue weighted by Gasteiger charge is -1.79. The van der Waals surface area contributed by atoms with E-state index in [0.717, 1.165) is 0 Å². The lowest BCUT2D eigenvalue weighted by molar-refractivity contribution is 0.254. The SMILES string of the molecule is NC(=O)NS.[SiH3]N[SiH3]. The highest BCUT2D eigenvalue weighted by Gasteiger charge is 1.74. The van der Waals surface area contributed by atoms with Gasteiger partial charge >= 0.3 is 6.03 Å². The van der Waals surface area contributed by atoms with Gasteiger partial charge in [0.05, 0.1) is 20.8 Å². The van der Waals surface area contributed by atoms with Gasteiger partial charge in [0.15, 0.2) is 0 Å². The zero-order chi connectivity index (χ0) is 6.99. The fraction of sp³-hybridized carbons (Fsp3) is 0. The van der Waals surface area contributed by atoms with Crippen LogP contribution in [0.1, 0.15) is 0 Å². The summed E-state index contributed by atoms with van der Waals surface area (Å²) >= 11 is 3.29. The fourth-order valence-electron chi connectivity index (χ4n) is 0. The minimum atomic E-state index is -0.631. The number of primary amides is 1. The van der Waals surface area contributed by atoms with E-state index >= 15 is 0 Å². The van der Waals surface area contributed by atoms with E-state index in [2.05, 4.69) is 23.2 Å². The molecule has 0 aliphatic carbocycles. The van der Waals surface area contributed by atoms with Gasteiger partial charge in [-0.2, -0.15) is 0 Å². The quantitative estimate of drug-likeness (QED) is 0.226. The summed E-state index contributed by atoms with van der Waals surface area (Å²) in [5, 5.41) is 0. The predicted octanol–water partition coefficient (Wildman–Crippen LogP) is -3.36. The van der Waals surface area contributed by atoms with Gasteiger partial charge in [-0.15, -0.1) is 0 Å². The third-order valence-electron chi connectivity index (χ3n) is 0.110. The molecular formula is CH11N3OSSi2. The lowest BCUT2D eigenvalue weighted by Crippen LogP contribution is -2.20. The first-order valence-electron chi connectivity index (χ1n) is 1.97. The summed E-state index contributed by atoms with van der Waals surface area (Å²) in [6.07, 6.45) is 0. The molecule has 7 heteroatoms. The van der Waals surface area contributed by atoms with Gasteiger partial charge in [0.1, 0.15) is 0 Å². The Bertz CT molecular complexity index is 61.2. The zero-order valence-corrected chi connectivity index (χ0v) is 9.83. The average Bonchev–Trinajstić information content (AvgIpc) is 1.69. The van der Waals surface area contributed by atoms with Crippen LogP contribution in [-0.2, 0) is 0 Å². The molecule has 50 valence electrons. The third kappa shape index (κ3) is 37.3. The van der Waals surface area contributed by atoms with Crippen molar-refractivity contribution in [3.8, 4) is 0 Å². The van der Waals surface area contributed by atoms with E-state index in [1.54, 1.807) is 0 Å². The molecule has 0 aromatic heterocycles. The summed E-state index contributed by atoms with van der Waals surface area (Å²) in [5.74, 6) is 0. The van der Waals surface area contributed by atoms with Crippen LogP contribution in [0.15, 0.2) is 0 Å². The number of carbonyl (C=O) groups is 1. The van der Waals surface area contributed by atoms with Gasteiger partial charge in [0, 0.05) is 0 Å². The Kier molecular flexibility index (Phi) is 13.7. The van der Waals surface area contributed by atoms with Crippen LogP contribution in [0.5, 0.6) is 0 Å². The molecule has 4 nitrogen and oxygen atoms in total. The van der Waals surface area contributed by atoms with Gasteiger partial charge in [0.25, 0.3) is 0 Å². The van der Waals surface area contributed by atoms with Crippen molar-refractivity contribution in [2.75, 3.05) is 0 Å². The van der Waals surface area contributed by atoms with Gasteiger partial charge in [0.2, 0.25) is 0 Å². The molecule has 0 radical (unpaired) electrons. The molecule has 8 heavy (non-hydrogen) atoms. The van der Waals surface area contributed by atoms with Crippen molar-refractivity contribution in [1.82, 2.24) is 9.37 Å². The van der Waals surface area contributed by atoms with E-state index in [-0.39, 0.29) is 0 Å². The normalized spacial score (nSPS) is 7.12. The first kappa shape index (κ1) is 10.9. The van der Waals surface area contributed by atoms with Crippen molar-refractivity contribution < 1.29 is 4.79 Å². The molecule has 4 N–H and O–H groups in total. The standard InChI is InChI=1S/CH4N2OS.H7NSi2/c2-1(4)3-5;2-1-3/h5H,(H3,2,3,4);1H,2-3H3.